The molecule has 0 saturated carbocycles. The van der Waals surface area contributed by atoms with E-state index in [0.717, 1.165) is 40.3 Å². The number of benzene rings is 1. The third-order valence-electron chi connectivity index (χ3n) is 5.51. The SMILES string of the molecule is COCCCO[C@@H]1c2ccn3c(C)c(C)nc3c2N[C@H](c2ccccc2)[C@H]1O. The van der Waals surface area contributed by atoms with E-state index in [4.69, 9.17) is 14.5 Å². The molecule has 0 saturated heterocycles. The number of nitrogens with zero attached hydrogens (tertiary/aromatic N) is 2. The van der Waals surface area contributed by atoms with E-state index >= 15 is 0 Å². The van der Waals surface area contributed by atoms with Gasteiger partial charge in [0.1, 0.15) is 12.2 Å². The zero-order valence-electron chi connectivity index (χ0n) is 16.6. The van der Waals surface area contributed by atoms with Gasteiger partial charge in [0.25, 0.3) is 0 Å². The zero-order valence-corrected chi connectivity index (χ0v) is 16.6. The molecule has 3 atom stereocenters. The van der Waals surface area contributed by atoms with Crippen molar-refractivity contribution < 1.29 is 14.6 Å². The van der Waals surface area contributed by atoms with Crippen molar-refractivity contribution in [3.05, 3.63) is 65.1 Å². The summed E-state index contributed by atoms with van der Waals surface area (Å²) in [6, 6.07) is 11.7. The molecule has 3 aromatic rings. The van der Waals surface area contributed by atoms with Crippen LogP contribution in [0.25, 0.3) is 5.65 Å². The van der Waals surface area contributed by atoms with Gasteiger partial charge < -0.3 is 24.3 Å². The van der Waals surface area contributed by atoms with Crippen LogP contribution in [0.3, 0.4) is 0 Å². The minimum absolute atomic E-state index is 0.273. The second kappa shape index (κ2) is 7.91. The van der Waals surface area contributed by atoms with E-state index < -0.39 is 12.2 Å². The van der Waals surface area contributed by atoms with Crippen LogP contribution >= 0.6 is 0 Å². The van der Waals surface area contributed by atoms with Crippen molar-refractivity contribution in [2.75, 3.05) is 25.6 Å². The summed E-state index contributed by atoms with van der Waals surface area (Å²) in [6.07, 6.45) is 1.65. The van der Waals surface area contributed by atoms with Crippen LogP contribution in [-0.2, 0) is 9.47 Å². The van der Waals surface area contributed by atoms with Crippen molar-refractivity contribution in [2.45, 2.75) is 38.5 Å². The molecule has 1 aromatic carbocycles. The summed E-state index contributed by atoms with van der Waals surface area (Å²) in [6.45, 7) is 5.23. The molecular formula is C22H27N3O3. The van der Waals surface area contributed by atoms with Gasteiger partial charge in [-0.05, 0) is 31.9 Å². The number of aryl methyl sites for hydroxylation is 2. The van der Waals surface area contributed by atoms with Gasteiger partial charge in [-0.25, -0.2) is 4.98 Å². The van der Waals surface area contributed by atoms with Crippen molar-refractivity contribution in [3.63, 3.8) is 0 Å². The average molecular weight is 381 g/mol. The zero-order chi connectivity index (χ0) is 19.7. The van der Waals surface area contributed by atoms with Crippen LogP contribution < -0.4 is 5.32 Å². The summed E-state index contributed by atoms with van der Waals surface area (Å²) in [7, 11) is 1.68. The monoisotopic (exact) mass is 381 g/mol. The van der Waals surface area contributed by atoms with E-state index in [1.165, 1.54) is 0 Å². The molecule has 1 aliphatic rings. The predicted molar refractivity (Wildman–Crippen MR) is 109 cm³/mol. The molecule has 0 spiro atoms. The highest BCUT2D eigenvalue weighted by Crippen LogP contribution is 2.43. The van der Waals surface area contributed by atoms with Gasteiger partial charge in [0.2, 0.25) is 0 Å². The fourth-order valence-electron chi connectivity index (χ4n) is 3.88. The minimum Gasteiger partial charge on any atom is -0.388 e. The largest absolute Gasteiger partial charge is 0.388 e. The van der Waals surface area contributed by atoms with Gasteiger partial charge in [0.15, 0.2) is 5.65 Å². The van der Waals surface area contributed by atoms with Crippen molar-refractivity contribution in [3.8, 4) is 0 Å². The summed E-state index contributed by atoms with van der Waals surface area (Å²) < 4.78 is 13.4. The van der Waals surface area contributed by atoms with Crippen molar-refractivity contribution in [1.82, 2.24) is 9.38 Å². The molecule has 0 unspecified atom stereocenters. The van der Waals surface area contributed by atoms with Gasteiger partial charge in [-0.3, -0.25) is 0 Å². The lowest BCUT2D eigenvalue weighted by Crippen LogP contribution is -2.37. The minimum atomic E-state index is -0.711. The Labute approximate surface area is 165 Å². The van der Waals surface area contributed by atoms with Gasteiger partial charge in [-0.15, -0.1) is 0 Å². The number of rotatable bonds is 6. The van der Waals surface area contributed by atoms with Crippen LogP contribution in [0, 0.1) is 13.8 Å². The first-order valence-corrected chi connectivity index (χ1v) is 9.70. The molecule has 0 bridgehead atoms. The first kappa shape index (κ1) is 18.9. The van der Waals surface area contributed by atoms with E-state index in [9.17, 15) is 5.11 Å². The molecule has 2 N–H and O–H groups in total. The normalized spacial score (nSPS) is 21.5. The summed E-state index contributed by atoms with van der Waals surface area (Å²) in [4.78, 5) is 4.77. The Bertz CT molecular complexity index is 955. The third-order valence-corrected chi connectivity index (χ3v) is 5.51. The maximum Gasteiger partial charge on any atom is 0.161 e. The number of hydrogen-bond acceptors (Lipinski definition) is 5. The number of fused-ring (bicyclic) bond motifs is 3. The lowest BCUT2D eigenvalue weighted by molar-refractivity contribution is -0.0547. The van der Waals surface area contributed by atoms with E-state index in [-0.39, 0.29) is 6.04 Å². The van der Waals surface area contributed by atoms with E-state index in [2.05, 4.69) is 16.6 Å². The lowest BCUT2D eigenvalue weighted by atomic mass is 9.89. The molecule has 0 radical (unpaired) electrons. The number of anilines is 1. The van der Waals surface area contributed by atoms with E-state index in [1.807, 2.05) is 49.5 Å². The van der Waals surface area contributed by atoms with Crippen LogP contribution in [-0.4, -0.2) is 40.9 Å². The average Bonchev–Trinajstić information content (AvgIpc) is 3.01. The molecule has 3 heterocycles. The molecule has 28 heavy (non-hydrogen) atoms. The maximum absolute atomic E-state index is 11.2. The molecule has 6 heteroatoms. The van der Waals surface area contributed by atoms with Gasteiger partial charge in [-0.1, -0.05) is 30.3 Å². The highest BCUT2D eigenvalue weighted by Gasteiger charge is 2.38. The number of aromatic nitrogens is 2. The van der Waals surface area contributed by atoms with Crippen molar-refractivity contribution in [2.24, 2.45) is 0 Å². The van der Waals surface area contributed by atoms with E-state index in [0.29, 0.717) is 13.2 Å². The van der Waals surface area contributed by atoms with Crippen LogP contribution in [0.4, 0.5) is 5.69 Å². The second-order valence-electron chi connectivity index (χ2n) is 7.28. The molecule has 0 aliphatic carbocycles. The van der Waals surface area contributed by atoms with Crippen molar-refractivity contribution >= 4 is 11.3 Å². The van der Waals surface area contributed by atoms with Gasteiger partial charge in [0.05, 0.1) is 17.4 Å². The van der Waals surface area contributed by atoms with Crippen LogP contribution in [0.15, 0.2) is 42.6 Å². The van der Waals surface area contributed by atoms with Gasteiger partial charge in [0, 0.05) is 37.8 Å². The summed E-state index contributed by atoms with van der Waals surface area (Å²) >= 11 is 0. The van der Waals surface area contributed by atoms with Crippen molar-refractivity contribution in [1.29, 1.82) is 0 Å². The molecule has 6 nitrogen and oxygen atoms in total. The Morgan fingerprint density at radius 3 is 2.68 bits per heavy atom. The first-order valence-electron chi connectivity index (χ1n) is 9.70. The number of hydrogen-bond donors (Lipinski definition) is 2. The Kier molecular flexibility index (Phi) is 5.35. The molecule has 0 amide bonds. The lowest BCUT2D eigenvalue weighted by Gasteiger charge is -2.38. The van der Waals surface area contributed by atoms with E-state index in [1.54, 1.807) is 7.11 Å². The fourth-order valence-corrected chi connectivity index (χ4v) is 3.88. The Morgan fingerprint density at radius 1 is 1.14 bits per heavy atom. The number of ether oxygens (including phenoxy) is 2. The molecule has 2 aromatic heterocycles. The number of methoxy groups -OCH3 is 1. The summed E-state index contributed by atoms with van der Waals surface area (Å²) in [5, 5.41) is 14.7. The highest BCUT2D eigenvalue weighted by molar-refractivity contribution is 5.75. The highest BCUT2D eigenvalue weighted by atomic mass is 16.5. The topological polar surface area (TPSA) is 68.0 Å². The predicted octanol–water partition coefficient (Wildman–Crippen LogP) is 3.57. The Morgan fingerprint density at radius 2 is 1.93 bits per heavy atom. The van der Waals surface area contributed by atoms with Gasteiger partial charge >= 0.3 is 0 Å². The smallest absolute Gasteiger partial charge is 0.161 e. The molecule has 0 fully saturated rings. The first-order chi connectivity index (χ1) is 13.6. The number of nitrogens with one attached hydrogen (secondary N) is 1. The number of aliphatic hydroxyl groups excluding tert-OH is 1. The molecule has 4 rings (SSSR count). The molecule has 148 valence electrons. The maximum atomic E-state index is 11.2. The molecular weight excluding hydrogens is 354 g/mol. The summed E-state index contributed by atoms with van der Waals surface area (Å²) in [5.41, 5.74) is 5.86. The van der Waals surface area contributed by atoms with Crippen LogP contribution in [0.5, 0.6) is 0 Å². The third kappa shape index (κ3) is 3.28. The number of aliphatic hydroxyl groups is 1. The number of pyridine rings is 1. The van der Waals surface area contributed by atoms with Gasteiger partial charge in [-0.2, -0.15) is 0 Å². The Balaban J connectivity index is 1.77. The molecule has 1 aliphatic heterocycles. The fraction of sp³-hybridized carbons (Fsp3) is 0.409. The van der Waals surface area contributed by atoms with Crippen LogP contribution in [0.2, 0.25) is 0 Å². The standard InChI is InChI=1S/C22H27N3O3/c1-14-15(2)25-11-10-17-19(22(25)23-14)24-18(16-8-5-4-6-9-16)20(26)21(17)28-13-7-12-27-3/h4-6,8-11,18,20-21,24,26H,7,12-13H2,1-3H3/t18-,20-,21-/m1/s1. The van der Waals surface area contributed by atoms with Crippen LogP contribution in [0.1, 0.15) is 41.1 Å². The number of imidazole rings is 1. The summed E-state index contributed by atoms with van der Waals surface area (Å²) in [5.74, 6) is 0. The Hall–Kier alpha value is -2.41. The second-order valence-corrected chi connectivity index (χ2v) is 7.28. The quantitative estimate of drug-likeness (QED) is 0.639.